The van der Waals surface area contributed by atoms with Crippen molar-refractivity contribution in [3.63, 3.8) is 0 Å². The normalized spacial score (nSPS) is 10.9. The molecule has 0 aliphatic rings. The predicted molar refractivity (Wildman–Crippen MR) is 104 cm³/mol. The molecule has 2 aromatic rings. The maximum absolute atomic E-state index is 12.2. The third kappa shape index (κ3) is 5.23. The first-order chi connectivity index (χ1) is 13.2. The topological polar surface area (TPSA) is 99.2 Å². The number of esters is 1. The van der Waals surface area contributed by atoms with E-state index in [4.69, 9.17) is 14.2 Å². The first-order valence-corrected chi connectivity index (χ1v) is 9.98. The summed E-state index contributed by atoms with van der Waals surface area (Å²) in [5.74, 6) is -0.276. The highest BCUT2D eigenvalue weighted by atomic mass is 32.2. The van der Waals surface area contributed by atoms with E-state index in [2.05, 4.69) is 0 Å². The van der Waals surface area contributed by atoms with Crippen LogP contribution in [0.4, 0.5) is 5.69 Å². The number of nitrogens with zero attached hydrogens (tertiary/aromatic N) is 1. The number of benzene rings is 2. The molecule has 9 heteroatoms. The summed E-state index contributed by atoms with van der Waals surface area (Å²) in [7, 11) is 0.932. The van der Waals surface area contributed by atoms with Gasteiger partial charge in [-0.2, -0.15) is 0 Å². The molecule has 2 rings (SSSR count). The van der Waals surface area contributed by atoms with E-state index in [1.54, 1.807) is 6.07 Å². The van der Waals surface area contributed by atoms with Gasteiger partial charge < -0.3 is 14.2 Å². The summed E-state index contributed by atoms with van der Waals surface area (Å²) in [6, 6.07) is 10.5. The molecule has 28 heavy (non-hydrogen) atoms. The minimum Gasteiger partial charge on any atom is -0.497 e. The van der Waals surface area contributed by atoms with E-state index in [1.165, 1.54) is 57.7 Å². The van der Waals surface area contributed by atoms with Gasteiger partial charge in [0.2, 0.25) is 10.0 Å². The molecular formula is C19H21NO7S. The second-order valence-corrected chi connectivity index (χ2v) is 7.89. The molecule has 0 aliphatic carbocycles. The summed E-state index contributed by atoms with van der Waals surface area (Å²) in [5, 5.41) is 0. The van der Waals surface area contributed by atoms with Crippen molar-refractivity contribution >= 4 is 27.5 Å². The van der Waals surface area contributed by atoms with Crippen LogP contribution in [0.3, 0.4) is 0 Å². The molecule has 0 unspecified atom stereocenters. The van der Waals surface area contributed by atoms with Crippen LogP contribution in [0.5, 0.6) is 11.5 Å². The fourth-order valence-electron chi connectivity index (χ4n) is 2.27. The molecule has 0 fully saturated rings. The number of hydrogen-bond acceptors (Lipinski definition) is 7. The molecule has 2 aromatic carbocycles. The van der Waals surface area contributed by atoms with Gasteiger partial charge in [-0.15, -0.1) is 0 Å². The van der Waals surface area contributed by atoms with Crippen LogP contribution in [-0.2, 0) is 14.8 Å². The fourth-order valence-corrected chi connectivity index (χ4v) is 2.78. The smallest absolute Gasteiger partial charge is 0.338 e. The van der Waals surface area contributed by atoms with Crippen LogP contribution < -0.4 is 13.8 Å². The van der Waals surface area contributed by atoms with Crippen LogP contribution in [0.2, 0.25) is 0 Å². The zero-order valence-corrected chi connectivity index (χ0v) is 16.8. The molecule has 150 valence electrons. The maximum atomic E-state index is 12.2. The molecule has 0 radical (unpaired) electrons. The molecular weight excluding hydrogens is 386 g/mol. The quantitative estimate of drug-likeness (QED) is 0.488. The minimum atomic E-state index is -3.39. The van der Waals surface area contributed by atoms with E-state index in [0.29, 0.717) is 22.7 Å². The Balaban J connectivity index is 2.05. The molecule has 0 atom stereocenters. The van der Waals surface area contributed by atoms with E-state index in [9.17, 15) is 18.0 Å². The number of carbonyl (C=O) groups is 2. The average Bonchev–Trinajstić information content (AvgIpc) is 2.70. The third-order valence-corrected chi connectivity index (χ3v) is 5.18. The second kappa shape index (κ2) is 8.75. The molecule has 0 spiro atoms. The lowest BCUT2D eigenvalue weighted by atomic mass is 10.1. The third-order valence-electron chi connectivity index (χ3n) is 3.97. The van der Waals surface area contributed by atoms with Gasteiger partial charge in [-0.05, 0) is 36.4 Å². The van der Waals surface area contributed by atoms with Crippen LogP contribution in [0.15, 0.2) is 42.5 Å². The van der Waals surface area contributed by atoms with Gasteiger partial charge in [0.1, 0.15) is 11.5 Å². The lowest BCUT2D eigenvalue weighted by Crippen LogP contribution is -2.24. The summed E-state index contributed by atoms with van der Waals surface area (Å²) in [6.07, 6.45) is 1.08. The van der Waals surface area contributed by atoms with Crippen molar-refractivity contribution in [2.45, 2.75) is 0 Å². The van der Waals surface area contributed by atoms with Crippen molar-refractivity contribution in [2.75, 3.05) is 38.4 Å². The van der Waals surface area contributed by atoms with Gasteiger partial charge in [-0.25, -0.2) is 13.2 Å². The minimum absolute atomic E-state index is 0.189. The second-order valence-electron chi connectivity index (χ2n) is 5.88. The highest BCUT2D eigenvalue weighted by molar-refractivity contribution is 7.92. The van der Waals surface area contributed by atoms with Crippen molar-refractivity contribution in [3.8, 4) is 11.5 Å². The van der Waals surface area contributed by atoms with Crippen LogP contribution in [0.25, 0.3) is 0 Å². The number of Topliss-reactive ketones (excluding diaryl/α,β-unsaturated/α-hetero) is 1. The molecule has 0 heterocycles. The number of hydrogen-bond donors (Lipinski definition) is 0. The highest BCUT2D eigenvalue weighted by Gasteiger charge is 2.16. The van der Waals surface area contributed by atoms with Crippen LogP contribution in [0, 0.1) is 0 Å². The zero-order valence-electron chi connectivity index (χ0n) is 16.0. The fraction of sp³-hybridized carbons (Fsp3) is 0.263. The SMILES string of the molecule is COc1cc(OC)cc(C(=O)OCC(=O)c2ccc(N(C)S(C)(=O)=O)cc2)c1. The Bertz CT molecular complexity index is 946. The molecule has 0 saturated carbocycles. The summed E-state index contributed by atoms with van der Waals surface area (Å²) in [6.45, 7) is -0.459. The Morgan fingerprint density at radius 1 is 0.929 bits per heavy atom. The number of sulfonamides is 1. The summed E-state index contributed by atoms with van der Waals surface area (Å²) in [4.78, 5) is 24.5. The molecule has 0 aromatic heterocycles. The van der Waals surface area contributed by atoms with Gasteiger partial charge in [-0.1, -0.05) is 0 Å². The van der Waals surface area contributed by atoms with Crippen molar-refractivity contribution in [2.24, 2.45) is 0 Å². The van der Waals surface area contributed by atoms with Gasteiger partial charge >= 0.3 is 5.97 Å². The first-order valence-electron chi connectivity index (χ1n) is 8.13. The van der Waals surface area contributed by atoms with Crippen LogP contribution in [-0.4, -0.2) is 54.3 Å². The Labute approximate surface area is 163 Å². The van der Waals surface area contributed by atoms with E-state index in [1.807, 2.05) is 0 Å². The van der Waals surface area contributed by atoms with Crippen LogP contribution in [0.1, 0.15) is 20.7 Å². The largest absolute Gasteiger partial charge is 0.497 e. The van der Waals surface area contributed by atoms with E-state index in [0.717, 1.165) is 10.6 Å². The standard InChI is InChI=1S/C19H21NO7S/c1-20(28(4,23)24)15-7-5-13(6-8-15)18(21)12-27-19(22)14-9-16(25-2)11-17(10-14)26-3/h5-11H,12H2,1-4H3. The number of ether oxygens (including phenoxy) is 3. The number of rotatable bonds is 8. The predicted octanol–water partition coefficient (Wildman–Crippen LogP) is 2.14. The maximum Gasteiger partial charge on any atom is 0.338 e. The van der Waals surface area contributed by atoms with Gasteiger partial charge in [0.05, 0.1) is 31.7 Å². The van der Waals surface area contributed by atoms with E-state index < -0.39 is 28.4 Å². The van der Waals surface area contributed by atoms with Gasteiger partial charge in [0, 0.05) is 18.7 Å². The molecule has 0 N–H and O–H groups in total. The Hall–Kier alpha value is -3.07. The first kappa shape index (κ1) is 21.2. The van der Waals surface area contributed by atoms with Crippen molar-refractivity contribution < 1.29 is 32.2 Å². The lowest BCUT2D eigenvalue weighted by molar-refractivity contribution is 0.0474. The molecule has 0 aliphatic heterocycles. The monoisotopic (exact) mass is 407 g/mol. The van der Waals surface area contributed by atoms with E-state index >= 15 is 0 Å². The highest BCUT2D eigenvalue weighted by Crippen LogP contribution is 2.23. The van der Waals surface area contributed by atoms with Gasteiger partial charge in [0.25, 0.3) is 0 Å². The van der Waals surface area contributed by atoms with Gasteiger partial charge in [-0.3, -0.25) is 9.10 Å². The summed E-state index contributed by atoms with van der Waals surface area (Å²) in [5.41, 5.74) is 0.898. The molecule has 0 saturated heterocycles. The Morgan fingerprint density at radius 3 is 1.93 bits per heavy atom. The van der Waals surface area contributed by atoms with Crippen molar-refractivity contribution in [3.05, 3.63) is 53.6 Å². The molecule has 8 nitrogen and oxygen atoms in total. The summed E-state index contributed by atoms with van der Waals surface area (Å²) < 4.78 is 39.4. The van der Waals surface area contributed by atoms with Crippen molar-refractivity contribution in [1.29, 1.82) is 0 Å². The lowest BCUT2D eigenvalue weighted by Gasteiger charge is -2.16. The van der Waals surface area contributed by atoms with Gasteiger partial charge in [0.15, 0.2) is 12.4 Å². The Kier molecular flexibility index (Phi) is 6.63. The number of anilines is 1. The number of ketones is 1. The van der Waals surface area contributed by atoms with E-state index in [-0.39, 0.29) is 5.56 Å². The zero-order chi connectivity index (χ0) is 20.9. The van der Waals surface area contributed by atoms with Crippen molar-refractivity contribution in [1.82, 2.24) is 0 Å². The average molecular weight is 407 g/mol. The number of carbonyl (C=O) groups excluding carboxylic acids is 2. The summed E-state index contributed by atoms with van der Waals surface area (Å²) >= 11 is 0. The molecule has 0 amide bonds. The number of methoxy groups -OCH3 is 2. The van der Waals surface area contributed by atoms with Crippen LogP contribution >= 0.6 is 0 Å². The Morgan fingerprint density at radius 2 is 1.46 bits per heavy atom. The molecule has 0 bridgehead atoms.